The molecule has 0 aromatic heterocycles. The summed E-state index contributed by atoms with van der Waals surface area (Å²) in [6, 6.07) is 13.3. The molecule has 0 fully saturated rings. The number of hydrogen-bond acceptors (Lipinski definition) is 4. The molecule has 0 saturated heterocycles. The summed E-state index contributed by atoms with van der Waals surface area (Å²) < 4.78 is 32.1. The van der Waals surface area contributed by atoms with Gasteiger partial charge in [-0.05, 0) is 49.7 Å². The summed E-state index contributed by atoms with van der Waals surface area (Å²) in [6.07, 6.45) is 0.760. The van der Waals surface area contributed by atoms with Crippen molar-refractivity contribution < 1.29 is 17.9 Å². The van der Waals surface area contributed by atoms with Crippen LogP contribution in [0, 0.1) is 6.92 Å². The van der Waals surface area contributed by atoms with Crippen molar-refractivity contribution in [2.24, 2.45) is 0 Å². The van der Waals surface area contributed by atoms with E-state index in [1.807, 2.05) is 25.1 Å². The second-order valence-electron chi connectivity index (χ2n) is 5.68. The average Bonchev–Trinajstić information content (AvgIpc) is 2.62. The predicted octanol–water partition coefficient (Wildman–Crippen LogP) is 2.87. The number of ether oxygens (including phenoxy) is 1. The van der Waals surface area contributed by atoms with Crippen LogP contribution in [0.4, 0.5) is 5.69 Å². The summed E-state index contributed by atoms with van der Waals surface area (Å²) in [7, 11) is -3.59. The first-order valence-electron chi connectivity index (χ1n) is 8.07. The van der Waals surface area contributed by atoms with Gasteiger partial charge >= 0.3 is 0 Å². The van der Waals surface area contributed by atoms with E-state index in [0.717, 1.165) is 5.56 Å². The van der Waals surface area contributed by atoms with Crippen molar-refractivity contribution in [2.45, 2.75) is 24.8 Å². The van der Waals surface area contributed by atoms with Crippen LogP contribution in [0.3, 0.4) is 0 Å². The minimum Gasteiger partial charge on any atom is -0.481 e. The lowest BCUT2D eigenvalue weighted by atomic mass is 10.2. The minimum atomic E-state index is -3.59. The number of carbonyl (C=O) groups excluding carboxylic acids is 1. The molecule has 2 N–H and O–H groups in total. The van der Waals surface area contributed by atoms with Crippen LogP contribution in [0.15, 0.2) is 66.1 Å². The van der Waals surface area contributed by atoms with Gasteiger partial charge < -0.3 is 10.1 Å². The van der Waals surface area contributed by atoms with Crippen LogP contribution < -0.4 is 14.8 Å². The summed E-state index contributed by atoms with van der Waals surface area (Å²) in [5.41, 5.74) is 1.42. The summed E-state index contributed by atoms with van der Waals surface area (Å²) in [5.74, 6) is 0.318. The molecule has 1 atom stereocenters. The second kappa shape index (κ2) is 8.64. The van der Waals surface area contributed by atoms with Crippen molar-refractivity contribution in [1.29, 1.82) is 0 Å². The molecular formula is C19H22N2O4S. The van der Waals surface area contributed by atoms with E-state index >= 15 is 0 Å². The standard InChI is InChI=1S/C19H22N2O4S/c1-4-13-20-26(23,24)17-11-9-16(10-12-17)21-19(22)15(3)25-18-8-6-5-7-14(18)2/h4-12,15,20H,1,13H2,2-3H3,(H,21,22). The van der Waals surface area contributed by atoms with Gasteiger partial charge in [-0.3, -0.25) is 4.79 Å². The lowest BCUT2D eigenvalue weighted by Crippen LogP contribution is -2.30. The molecule has 2 aromatic rings. The van der Waals surface area contributed by atoms with Gasteiger partial charge in [-0.15, -0.1) is 6.58 Å². The molecule has 0 heterocycles. The third-order valence-corrected chi connectivity index (χ3v) is 5.06. The van der Waals surface area contributed by atoms with Crippen LogP contribution in [0.25, 0.3) is 0 Å². The quantitative estimate of drug-likeness (QED) is 0.696. The highest BCUT2D eigenvalue weighted by atomic mass is 32.2. The predicted molar refractivity (Wildman–Crippen MR) is 102 cm³/mol. The van der Waals surface area contributed by atoms with E-state index in [4.69, 9.17) is 4.74 Å². The number of amides is 1. The van der Waals surface area contributed by atoms with E-state index < -0.39 is 16.1 Å². The van der Waals surface area contributed by atoms with Gasteiger partial charge in [0, 0.05) is 12.2 Å². The second-order valence-corrected chi connectivity index (χ2v) is 7.45. The molecule has 6 nitrogen and oxygen atoms in total. The average molecular weight is 374 g/mol. The van der Waals surface area contributed by atoms with Gasteiger partial charge in [-0.1, -0.05) is 24.3 Å². The molecule has 2 rings (SSSR count). The highest BCUT2D eigenvalue weighted by molar-refractivity contribution is 7.89. The Balaban J connectivity index is 2.01. The SMILES string of the molecule is C=CCNS(=O)(=O)c1ccc(NC(=O)C(C)Oc2ccccc2C)cc1. The third-order valence-electron chi connectivity index (χ3n) is 3.62. The van der Waals surface area contributed by atoms with E-state index in [0.29, 0.717) is 11.4 Å². The Bertz CT molecular complexity index is 877. The Morgan fingerprint density at radius 3 is 2.46 bits per heavy atom. The van der Waals surface area contributed by atoms with Crippen LogP contribution in [-0.2, 0) is 14.8 Å². The smallest absolute Gasteiger partial charge is 0.265 e. The molecule has 0 saturated carbocycles. The molecule has 1 amide bonds. The first-order chi connectivity index (χ1) is 12.3. The molecule has 138 valence electrons. The van der Waals surface area contributed by atoms with Crippen LogP contribution >= 0.6 is 0 Å². The molecule has 0 bridgehead atoms. The molecule has 2 aromatic carbocycles. The Hall–Kier alpha value is -2.64. The van der Waals surface area contributed by atoms with Crippen molar-refractivity contribution in [3.63, 3.8) is 0 Å². The van der Waals surface area contributed by atoms with Crippen LogP contribution in [0.2, 0.25) is 0 Å². The molecule has 7 heteroatoms. The van der Waals surface area contributed by atoms with Crippen molar-refractivity contribution in [3.8, 4) is 5.75 Å². The molecule has 1 unspecified atom stereocenters. The van der Waals surface area contributed by atoms with Crippen molar-refractivity contribution in [1.82, 2.24) is 4.72 Å². The highest BCUT2D eigenvalue weighted by Gasteiger charge is 2.17. The first-order valence-corrected chi connectivity index (χ1v) is 9.55. The number of nitrogens with one attached hydrogen (secondary N) is 2. The number of sulfonamides is 1. The molecule has 0 spiro atoms. The van der Waals surface area contributed by atoms with Gasteiger partial charge in [0.15, 0.2) is 6.10 Å². The number of hydrogen-bond donors (Lipinski definition) is 2. The molecular weight excluding hydrogens is 352 g/mol. The Labute approximate surface area is 153 Å². The van der Waals surface area contributed by atoms with Crippen molar-refractivity contribution in [2.75, 3.05) is 11.9 Å². The zero-order chi connectivity index (χ0) is 19.2. The molecule has 0 aliphatic rings. The number of aryl methyl sites for hydroxylation is 1. The van der Waals surface area contributed by atoms with E-state index in [2.05, 4.69) is 16.6 Å². The number of rotatable bonds is 8. The first kappa shape index (κ1) is 19.7. The number of benzene rings is 2. The van der Waals surface area contributed by atoms with Gasteiger partial charge in [0.2, 0.25) is 10.0 Å². The van der Waals surface area contributed by atoms with E-state index in [-0.39, 0.29) is 17.3 Å². The minimum absolute atomic E-state index is 0.113. The maximum Gasteiger partial charge on any atom is 0.265 e. The zero-order valence-electron chi connectivity index (χ0n) is 14.7. The molecule has 0 aliphatic carbocycles. The van der Waals surface area contributed by atoms with Gasteiger partial charge in [0.1, 0.15) is 5.75 Å². The summed E-state index contributed by atoms with van der Waals surface area (Å²) in [5, 5.41) is 2.71. The third kappa shape index (κ3) is 5.18. The topological polar surface area (TPSA) is 84.5 Å². The van der Waals surface area contributed by atoms with Crippen LogP contribution in [0.1, 0.15) is 12.5 Å². The van der Waals surface area contributed by atoms with Crippen molar-refractivity contribution >= 4 is 21.6 Å². The largest absolute Gasteiger partial charge is 0.481 e. The van der Waals surface area contributed by atoms with Gasteiger partial charge in [-0.25, -0.2) is 13.1 Å². The Kier molecular flexibility index (Phi) is 6.54. The van der Waals surface area contributed by atoms with Crippen molar-refractivity contribution in [3.05, 3.63) is 66.7 Å². The Morgan fingerprint density at radius 2 is 1.85 bits per heavy atom. The fraction of sp³-hybridized carbons (Fsp3) is 0.211. The molecule has 0 radical (unpaired) electrons. The van der Waals surface area contributed by atoms with E-state index in [1.165, 1.54) is 30.3 Å². The van der Waals surface area contributed by atoms with E-state index in [9.17, 15) is 13.2 Å². The van der Waals surface area contributed by atoms with Gasteiger partial charge in [0.05, 0.1) is 4.90 Å². The van der Waals surface area contributed by atoms with Gasteiger partial charge in [0.25, 0.3) is 5.91 Å². The Morgan fingerprint density at radius 1 is 1.19 bits per heavy atom. The van der Waals surface area contributed by atoms with Gasteiger partial charge in [-0.2, -0.15) is 0 Å². The fourth-order valence-electron chi connectivity index (χ4n) is 2.15. The zero-order valence-corrected chi connectivity index (χ0v) is 15.5. The molecule has 0 aliphatic heterocycles. The lowest BCUT2D eigenvalue weighted by molar-refractivity contribution is -0.122. The number of anilines is 1. The van der Waals surface area contributed by atoms with E-state index in [1.54, 1.807) is 13.0 Å². The fourth-order valence-corrected chi connectivity index (χ4v) is 3.14. The lowest BCUT2D eigenvalue weighted by Gasteiger charge is -2.16. The van der Waals surface area contributed by atoms with Crippen LogP contribution in [-0.4, -0.2) is 27.0 Å². The summed E-state index contributed by atoms with van der Waals surface area (Å²) in [4.78, 5) is 12.4. The van der Waals surface area contributed by atoms with Crippen LogP contribution in [0.5, 0.6) is 5.75 Å². The highest BCUT2D eigenvalue weighted by Crippen LogP contribution is 2.19. The summed E-state index contributed by atoms with van der Waals surface area (Å²) in [6.45, 7) is 7.17. The summed E-state index contributed by atoms with van der Waals surface area (Å²) >= 11 is 0. The normalized spacial score (nSPS) is 12.2. The number of para-hydroxylation sites is 1. The molecule has 26 heavy (non-hydrogen) atoms. The monoisotopic (exact) mass is 374 g/mol. The maximum atomic E-state index is 12.3. The maximum absolute atomic E-state index is 12.3. The number of carbonyl (C=O) groups is 1.